The van der Waals surface area contributed by atoms with Crippen molar-refractivity contribution in [3.05, 3.63) is 48.0 Å². The van der Waals surface area contributed by atoms with Crippen LogP contribution in [0, 0.1) is 0 Å². The lowest BCUT2D eigenvalue weighted by Crippen LogP contribution is -2.17. The number of amides is 1. The van der Waals surface area contributed by atoms with E-state index in [9.17, 15) is 4.79 Å². The molecular weight excluding hydrogens is 434 g/mol. The molecule has 0 bridgehead atoms. The van der Waals surface area contributed by atoms with E-state index < -0.39 is 0 Å². The van der Waals surface area contributed by atoms with Crippen LogP contribution in [0.2, 0.25) is 0 Å². The smallest absolute Gasteiger partial charge is 0.264 e. The summed E-state index contributed by atoms with van der Waals surface area (Å²) in [6.07, 6.45) is 1.61. The first-order chi connectivity index (χ1) is 15.5. The van der Waals surface area contributed by atoms with Crippen LogP contribution < -0.4 is 30.8 Å². The van der Waals surface area contributed by atoms with Gasteiger partial charge in [0.1, 0.15) is 17.2 Å². The van der Waals surface area contributed by atoms with Gasteiger partial charge in [0.05, 0.1) is 39.0 Å². The summed E-state index contributed by atoms with van der Waals surface area (Å²) in [5.74, 6) is 7.89. The summed E-state index contributed by atoms with van der Waals surface area (Å²) in [7, 11) is 4.67. The predicted molar refractivity (Wildman–Crippen MR) is 123 cm³/mol. The molecule has 0 aliphatic carbocycles. The molecule has 3 aromatic rings. The molecule has 0 saturated heterocycles. The maximum atomic E-state index is 12.4. The van der Waals surface area contributed by atoms with E-state index in [1.807, 2.05) is 24.3 Å². The minimum Gasteiger partial charge on any atom is -0.497 e. The van der Waals surface area contributed by atoms with Gasteiger partial charge in [-0.3, -0.25) is 4.79 Å². The summed E-state index contributed by atoms with van der Waals surface area (Å²) >= 11 is 1.13. The van der Waals surface area contributed by atoms with E-state index in [0.29, 0.717) is 22.3 Å². The van der Waals surface area contributed by atoms with Crippen molar-refractivity contribution in [1.82, 2.24) is 14.9 Å². The molecule has 1 aromatic heterocycles. The average molecular weight is 458 g/mol. The first-order valence-electron chi connectivity index (χ1n) is 9.32. The fourth-order valence-electron chi connectivity index (χ4n) is 2.53. The maximum Gasteiger partial charge on any atom is 0.264 e. The number of aromatic nitrogens is 3. The van der Waals surface area contributed by atoms with Crippen molar-refractivity contribution in [3.8, 4) is 17.2 Å². The molecule has 0 fully saturated rings. The number of methoxy groups -OCH3 is 3. The number of nitrogens with zero attached hydrogens (tertiary/aromatic N) is 4. The summed E-state index contributed by atoms with van der Waals surface area (Å²) in [5, 5.41) is 15.1. The number of thioether (sulfide) groups is 1. The van der Waals surface area contributed by atoms with E-state index in [1.54, 1.807) is 38.6 Å². The standard InChI is InChI=1S/C20H23N7O4S/c1-29-14-6-4-13(5-7-14)11-22-24-19-25-26-20(27(19)21)32-12-18(28)23-16-10-15(30-2)8-9-17(16)31-3/h4-11H,12,21H2,1-3H3,(H,23,28)(H,24,25)/b22-11+. The fraction of sp³-hybridized carbons (Fsp3) is 0.200. The zero-order valence-corrected chi connectivity index (χ0v) is 18.5. The molecule has 0 saturated carbocycles. The van der Waals surface area contributed by atoms with Crippen molar-refractivity contribution in [2.75, 3.05) is 43.7 Å². The molecule has 3 rings (SSSR count). The van der Waals surface area contributed by atoms with E-state index in [4.69, 9.17) is 20.1 Å². The molecular formula is C20H23N7O4S. The van der Waals surface area contributed by atoms with Gasteiger partial charge in [-0.2, -0.15) is 5.10 Å². The van der Waals surface area contributed by atoms with Gasteiger partial charge in [-0.1, -0.05) is 11.8 Å². The number of rotatable bonds is 10. The highest BCUT2D eigenvalue weighted by Gasteiger charge is 2.14. The number of hydrogen-bond acceptors (Lipinski definition) is 10. The number of nitrogens with two attached hydrogens (primary N) is 1. The van der Waals surface area contributed by atoms with Gasteiger partial charge in [0.25, 0.3) is 5.95 Å². The predicted octanol–water partition coefficient (Wildman–Crippen LogP) is 2.19. The summed E-state index contributed by atoms with van der Waals surface area (Å²) in [6, 6.07) is 12.5. The van der Waals surface area contributed by atoms with Crippen LogP contribution in [-0.2, 0) is 4.79 Å². The lowest BCUT2D eigenvalue weighted by molar-refractivity contribution is -0.113. The molecule has 0 atom stereocenters. The van der Waals surface area contributed by atoms with Crippen LogP contribution in [0.3, 0.4) is 0 Å². The normalized spacial score (nSPS) is 10.7. The Bertz CT molecular complexity index is 1090. The van der Waals surface area contributed by atoms with E-state index in [1.165, 1.54) is 11.8 Å². The van der Waals surface area contributed by atoms with E-state index in [-0.39, 0.29) is 17.6 Å². The molecule has 32 heavy (non-hydrogen) atoms. The number of anilines is 2. The Morgan fingerprint density at radius 3 is 2.50 bits per heavy atom. The summed E-state index contributed by atoms with van der Waals surface area (Å²) in [6.45, 7) is 0. The Balaban J connectivity index is 1.55. The minimum absolute atomic E-state index is 0.0603. The van der Waals surface area contributed by atoms with Crippen LogP contribution >= 0.6 is 11.8 Å². The topological polar surface area (TPSA) is 138 Å². The monoisotopic (exact) mass is 457 g/mol. The second-order valence-electron chi connectivity index (χ2n) is 6.22. The Labute approximate surface area is 188 Å². The van der Waals surface area contributed by atoms with Gasteiger partial charge in [0, 0.05) is 6.07 Å². The van der Waals surface area contributed by atoms with Crippen LogP contribution in [0.1, 0.15) is 5.56 Å². The number of hydrogen-bond donors (Lipinski definition) is 3. The molecule has 0 unspecified atom stereocenters. The molecule has 1 amide bonds. The van der Waals surface area contributed by atoms with Crippen molar-refractivity contribution in [3.63, 3.8) is 0 Å². The van der Waals surface area contributed by atoms with Crippen LogP contribution in [-0.4, -0.2) is 54.1 Å². The second-order valence-corrected chi connectivity index (χ2v) is 7.16. The molecule has 0 spiro atoms. The molecule has 12 heteroatoms. The van der Waals surface area contributed by atoms with Crippen molar-refractivity contribution in [2.45, 2.75) is 5.16 Å². The Kier molecular flexibility index (Phi) is 7.75. The first kappa shape index (κ1) is 22.7. The molecule has 4 N–H and O–H groups in total. The largest absolute Gasteiger partial charge is 0.497 e. The summed E-state index contributed by atoms with van der Waals surface area (Å²) in [4.78, 5) is 12.4. The zero-order valence-electron chi connectivity index (χ0n) is 17.7. The van der Waals surface area contributed by atoms with Gasteiger partial charge in [-0.15, -0.1) is 10.2 Å². The van der Waals surface area contributed by atoms with Gasteiger partial charge in [-0.25, -0.2) is 10.1 Å². The van der Waals surface area contributed by atoms with Crippen molar-refractivity contribution in [2.24, 2.45) is 5.10 Å². The maximum absolute atomic E-state index is 12.4. The van der Waals surface area contributed by atoms with Crippen LogP contribution in [0.15, 0.2) is 52.7 Å². The van der Waals surface area contributed by atoms with Crippen LogP contribution in [0.4, 0.5) is 11.6 Å². The van der Waals surface area contributed by atoms with Crippen LogP contribution in [0.5, 0.6) is 17.2 Å². The van der Waals surface area contributed by atoms with Crippen LogP contribution in [0.25, 0.3) is 0 Å². The van der Waals surface area contributed by atoms with Gasteiger partial charge >= 0.3 is 0 Å². The van der Waals surface area contributed by atoms with Crippen molar-refractivity contribution >= 4 is 35.5 Å². The highest BCUT2D eigenvalue weighted by Crippen LogP contribution is 2.29. The highest BCUT2D eigenvalue weighted by molar-refractivity contribution is 7.99. The Morgan fingerprint density at radius 1 is 1.09 bits per heavy atom. The van der Waals surface area contributed by atoms with E-state index >= 15 is 0 Å². The minimum atomic E-state index is -0.267. The van der Waals surface area contributed by atoms with Gasteiger partial charge < -0.3 is 25.4 Å². The van der Waals surface area contributed by atoms with Crippen molar-refractivity contribution in [1.29, 1.82) is 0 Å². The number of hydrazone groups is 1. The second kappa shape index (κ2) is 10.9. The van der Waals surface area contributed by atoms with Crippen molar-refractivity contribution < 1.29 is 19.0 Å². The molecule has 168 valence electrons. The highest BCUT2D eigenvalue weighted by atomic mass is 32.2. The van der Waals surface area contributed by atoms with Gasteiger partial charge in [0.2, 0.25) is 11.1 Å². The molecule has 1 heterocycles. The molecule has 0 aliphatic heterocycles. The van der Waals surface area contributed by atoms with Gasteiger partial charge in [-0.05, 0) is 42.0 Å². The molecule has 11 nitrogen and oxygen atoms in total. The third-order valence-corrected chi connectivity index (χ3v) is 5.11. The molecule has 0 radical (unpaired) electrons. The molecule has 2 aromatic carbocycles. The third-order valence-electron chi connectivity index (χ3n) is 4.17. The number of benzene rings is 2. The third kappa shape index (κ3) is 5.82. The molecule has 0 aliphatic rings. The fourth-order valence-corrected chi connectivity index (χ4v) is 3.19. The average Bonchev–Trinajstić information content (AvgIpc) is 3.17. The number of nitrogens with one attached hydrogen (secondary N) is 2. The first-order valence-corrected chi connectivity index (χ1v) is 10.3. The SMILES string of the molecule is COc1ccc(/C=N/Nc2nnc(SCC(=O)Nc3cc(OC)ccc3OC)n2N)cc1. The Morgan fingerprint density at radius 2 is 1.81 bits per heavy atom. The summed E-state index contributed by atoms with van der Waals surface area (Å²) < 4.78 is 16.8. The lowest BCUT2D eigenvalue weighted by Gasteiger charge is -2.11. The number of carbonyl (C=O) groups is 1. The Hall–Kier alpha value is -3.93. The lowest BCUT2D eigenvalue weighted by atomic mass is 10.2. The van der Waals surface area contributed by atoms with Gasteiger partial charge in [0.15, 0.2) is 0 Å². The van der Waals surface area contributed by atoms with E-state index in [2.05, 4.69) is 26.0 Å². The van der Waals surface area contributed by atoms with E-state index in [0.717, 1.165) is 23.1 Å². The zero-order chi connectivity index (χ0) is 22.9. The number of nitrogen functional groups attached to an aromatic ring is 1. The summed E-state index contributed by atoms with van der Waals surface area (Å²) in [5.41, 5.74) is 4.09. The number of ether oxygens (including phenoxy) is 3. The number of carbonyl (C=O) groups excluding carboxylic acids is 1. The quantitative estimate of drug-likeness (QED) is 0.181.